The van der Waals surface area contributed by atoms with E-state index in [0.29, 0.717) is 13.1 Å². The van der Waals surface area contributed by atoms with Crippen LogP contribution in [-0.2, 0) is 0 Å². The molecule has 1 amide bonds. The molecule has 0 bridgehead atoms. The summed E-state index contributed by atoms with van der Waals surface area (Å²) in [5.74, 6) is -1.76. The van der Waals surface area contributed by atoms with Crippen molar-refractivity contribution >= 4 is 5.91 Å². The van der Waals surface area contributed by atoms with Gasteiger partial charge in [0.25, 0.3) is 5.91 Å². The molecule has 2 rings (SSSR count). The minimum Gasteiger partial charge on any atom is -0.334 e. The molecule has 1 saturated carbocycles. The molecular weight excluding hydrogens is 250 g/mol. The Morgan fingerprint density at radius 3 is 2.63 bits per heavy atom. The average molecular weight is 268 g/mol. The molecule has 3 nitrogen and oxygen atoms in total. The van der Waals surface area contributed by atoms with Gasteiger partial charge < -0.3 is 10.6 Å². The maximum absolute atomic E-state index is 13.7. The van der Waals surface area contributed by atoms with Crippen LogP contribution in [0.15, 0.2) is 18.2 Å². The van der Waals surface area contributed by atoms with Gasteiger partial charge in [-0.3, -0.25) is 4.79 Å². The summed E-state index contributed by atoms with van der Waals surface area (Å²) in [4.78, 5) is 13.9. The molecule has 1 aromatic carbocycles. The first-order chi connectivity index (χ1) is 9.13. The molecule has 0 saturated heterocycles. The van der Waals surface area contributed by atoms with Crippen LogP contribution in [0, 0.1) is 11.6 Å². The minimum absolute atomic E-state index is 0.0960. The van der Waals surface area contributed by atoms with Gasteiger partial charge >= 0.3 is 0 Å². The molecule has 104 valence electrons. The van der Waals surface area contributed by atoms with Crippen molar-refractivity contribution in [3.05, 3.63) is 35.4 Å². The molecule has 0 heterocycles. The summed E-state index contributed by atoms with van der Waals surface area (Å²) in [6.45, 7) is 0.693. The zero-order valence-corrected chi connectivity index (χ0v) is 10.7. The van der Waals surface area contributed by atoms with Crippen molar-refractivity contribution in [2.75, 3.05) is 13.1 Å². The third-order valence-corrected chi connectivity index (χ3v) is 3.56. The van der Waals surface area contributed by atoms with Crippen LogP contribution >= 0.6 is 0 Å². The lowest BCUT2D eigenvalue weighted by Gasteiger charge is -2.28. The minimum atomic E-state index is -0.689. The number of halogens is 2. The third-order valence-electron chi connectivity index (χ3n) is 3.56. The molecule has 0 spiro atoms. The van der Waals surface area contributed by atoms with Gasteiger partial charge in [0.15, 0.2) is 0 Å². The first-order valence-corrected chi connectivity index (χ1v) is 6.59. The number of nitrogens with two attached hydrogens (primary N) is 1. The monoisotopic (exact) mass is 268 g/mol. The highest BCUT2D eigenvalue weighted by Crippen LogP contribution is 2.25. The lowest BCUT2D eigenvalue weighted by molar-refractivity contribution is 0.0682. The molecule has 1 aliphatic rings. The summed E-state index contributed by atoms with van der Waals surface area (Å²) < 4.78 is 26.8. The highest BCUT2D eigenvalue weighted by molar-refractivity contribution is 5.94. The molecule has 0 aromatic heterocycles. The van der Waals surface area contributed by atoms with E-state index in [1.165, 1.54) is 0 Å². The normalized spacial score (nSPS) is 15.7. The lowest BCUT2D eigenvalue weighted by atomic mass is 10.1. The van der Waals surface area contributed by atoms with E-state index >= 15 is 0 Å². The van der Waals surface area contributed by atoms with E-state index in [0.717, 1.165) is 43.9 Å². The van der Waals surface area contributed by atoms with Crippen molar-refractivity contribution in [2.24, 2.45) is 5.73 Å². The van der Waals surface area contributed by atoms with Crippen LogP contribution in [0.5, 0.6) is 0 Å². The van der Waals surface area contributed by atoms with E-state index < -0.39 is 17.5 Å². The Labute approximate surface area is 111 Å². The molecule has 5 heteroatoms. The highest BCUT2D eigenvalue weighted by atomic mass is 19.1. The number of carbonyl (C=O) groups is 1. The first kappa shape index (κ1) is 13.9. The Balaban J connectivity index is 2.25. The van der Waals surface area contributed by atoms with E-state index in [2.05, 4.69) is 0 Å². The molecule has 0 radical (unpaired) electrons. The second kappa shape index (κ2) is 6.10. The van der Waals surface area contributed by atoms with Crippen LogP contribution < -0.4 is 5.73 Å². The van der Waals surface area contributed by atoms with Crippen LogP contribution in [0.3, 0.4) is 0 Å². The zero-order valence-electron chi connectivity index (χ0n) is 10.7. The van der Waals surface area contributed by atoms with Gasteiger partial charge in [0, 0.05) is 19.1 Å². The van der Waals surface area contributed by atoms with Gasteiger partial charge in [-0.25, -0.2) is 8.78 Å². The third kappa shape index (κ3) is 3.10. The number of rotatable bonds is 4. The van der Waals surface area contributed by atoms with Crippen LogP contribution in [0.1, 0.15) is 36.0 Å². The van der Waals surface area contributed by atoms with E-state index in [-0.39, 0.29) is 11.6 Å². The molecule has 0 aliphatic heterocycles. The second-order valence-corrected chi connectivity index (χ2v) is 4.85. The molecule has 1 aromatic rings. The van der Waals surface area contributed by atoms with Crippen molar-refractivity contribution in [1.82, 2.24) is 4.90 Å². The molecule has 0 unspecified atom stereocenters. The van der Waals surface area contributed by atoms with Crippen molar-refractivity contribution in [3.8, 4) is 0 Å². The van der Waals surface area contributed by atoms with Crippen LogP contribution in [0.25, 0.3) is 0 Å². The summed E-state index contributed by atoms with van der Waals surface area (Å²) in [7, 11) is 0. The fourth-order valence-corrected chi connectivity index (χ4v) is 2.62. The number of benzene rings is 1. The maximum Gasteiger partial charge on any atom is 0.257 e. The Bertz CT molecular complexity index is 459. The lowest BCUT2D eigenvalue weighted by Crippen LogP contribution is -2.42. The van der Waals surface area contributed by atoms with Gasteiger partial charge in [-0.2, -0.15) is 0 Å². The average Bonchev–Trinajstić information content (AvgIpc) is 2.92. The predicted molar refractivity (Wildman–Crippen MR) is 68.7 cm³/mol. The van der Waals surface area contributed by atoms with Gasteiger partial charge in [0.1, 0.15) is 11.6 Å². The largest absolute Gasteiger partial charge is 0.334 e. The quantitative estimate of drug-likeness (QED) is 0.910. The molecule has 2 N–H and O–H groups in total. The van der Waals surface area contributed by atoms with Crippen LogP contribution in [0.2, 0.25) is 0 Å². The SMILES string of the molecule is NCCN(C(=O)c1cc(F)ccc1F)C1CCCC1. The number of amides is 1. The van der Waals surface area contributed by atoms with Gasteiger partial charge in [-0.15, -0.1) is 0 Å². The van der Waals surface area contributed by atoms with Crippen LogP contribution in [0.4, 0.5) is 8.78 Å². The maximum atomic E-state index is 13.7. The molecule has 19 heavy (non-hydrogen) atoms. The standard InChI is InChI=1S/C14H18F2N2O/c15-10-5-6-13(16)12(9-10)14(19)18(8-7-17)11-3-1-2-4-11/h5-6,9,11H,1-4,7-8,17H2. The number of nitrogens with zero attached hydrogens (tertiary/aromatic N) is 1. The summed E-state index contributed by atoms with van der Waals surface area (Å²) >= 11 is 0. The fourth-order valence-electron chi connectivity index (χ4n) is 2.62. The van der Waals surface area contributed by atoms with Gasteiger partial charge in [0.2, 0.25) is 0 Å². The fraction of sp³-hybridized carbons (Fsp3) is 0.500. The topological polar surface area (TPSA) is 46.3 Å². The van der Waals surface area contributed by atoms with E-state index in [4.69, 9.17) is 5.73 Å². The van der Waals surface area contributed by atoms with E-state index in [1.54, 1.807) is 4.90 Å². The Morgan fingerprint density at radius 2 is 2.00 bits per heavy atom. The van der Waals surface area contributed by atoms with Crippen LogP contribution in [-0.4, -0.2) is 29.9 Å². The molecule has 1 aliphatic carbocycles. The van der Waals surface area contributed by atoms with E-state index in [1.807, 2.05) is 0 Å². The predicted octanol–water partition coefficient (Wildman–Crippen LogP) is 2.31. The van der Waals surface area contributed by atoms with Crippen molar-refractivity contribution in [3.63, 3.8) is 0 Å². The van der Waals surface area contributed by atoms with Gasteiger partial charge in [0.05, 0.1) is 5.56 Å². The highest BCUT2D eigenvalue weighted by Gasteiger charge is 2.28. The smallest absolute Gasteiger partial charge is 0.257 e. The van der Waals surface area contributed by atoms with Crippen molar-refractivity contribution in [1.29, 1.82) is 0 Å². The number of carbonyl (C=O) groups excluding carboxylic acids is 1. The number of hydrogen-bond donors (Lipinski definition) is 1. The molecule has 1 fully saturated rings. The summed E-state index contributed by atoms with van der Waals surface area (Å²) in [6, 6.07) is 3.04. The van der Waals surface area contributed by atoms with Gasteiger partial charge in [-0.05, 0) is 31.0 Å². The number of hydrogen-bond acceptors (Lipinski definition) is 2. The second-order valence-electron chi connectivity index (χ2n) is 4.85. The Kier molecular flexibility index (Phi) is 4.47. The molecule has 0 atom stereocenters. The Hall–Kier alpha value is -1.49. The summed E-state index contributed by atoms with van der Waals surface area (Å²) in [6.07, 6.45) is 3.93. The molecular formula is C14H18F2N2O. The first-order valence-electron chi connectivity index (χ1n) is 6.59. The summed E-state index contributed by atoms with van der Waals surface area (Å²) in [5, 5.41) is 0. The summed E-state index contributed by atoms with van der Waals surface area (Å²) in [5.41, 5.74) is 5.31. The van der Waals surface area contributed by atoms with Crippen molar-refractivity contribution in [2.45, 2.75) is 31.7 Å². The Morgan fingerprint density at radius 1 is 1.32 bits per heavy atom. The van der Waals surface area contributed by atoms with Gasteiger partial charge in [-0.1, -0.05) is 12.8 Å². The zero-order chi connectivity index (χ0) is 13.8. The van der Waals surface area contributed by atoms with E-state index in [9.17, 15) is 13.6 Å². The van der Waals surface area contributed by atoms with Crippen molar-refractivity contribution < 1.29 is 13.6 Å².